The van der Waals surface area contributed by atoms with Crippen LogP contribution >= 0.6 is 0 Å². The highest BCUT2D eigenvalue weighted by Crippen LogP contribution is 2.35. The summed E-state index contributed by atoms with van der Waals surface area (Å²) in [6.45, 7) is 4.55. The lowest BCUT2D eigenvalue weighted by Crippen LogP contribution is -2.50. The van der Waals surface area contributed by atoms with Gasteiger partial charge < -0.3 is 20.3 Å². The van der Waals surface area contributed by atoms with Gasteiger partial charge in [-0.15, -0.1) is 0 Å². The predicted octanol–water partition coefficient (Wildman–Crippen LogP) is 0.582. The molecule has 2 bridgehead atoms. The summed E-state index contributed by atoms with van der Waals surface area (Å²) in [6, 6.07) is 8.71. The molecule has 3 atom stereocenters. The van der Waals surface area contributed by atoms with Gasteiger partial charge in [-0.25, -0.2) is 0 Å². The average Bonchev–Trinajstić information content (AvgIpc) is 3.16. The van der Waals surface area contributed by atoms with E-state index in [4.69, 9.17) is 10.5 Å². The molecule has 2 N–H and O–H groups in total. The summed E-state index contributed by atoms with van der Waals surface area (Å²) < 4.78 is 17.2. The molecule has 0 radical (unpaired) electrons. The molecule has 2 fully saturated rings. The molecule has 1 amide bonds. The van der Waals surface area contributed by atoms with E-state index in [-0.39, 0.29) is 17.7 Å². The number of nitrogens with zero attached hydrogens (tertiary/aromatic N) is 2. The van der Waals surface area contributed by atoms with Crippen LogP contribution < -0.4 is 15.4 Å². The van der Waals surface area contributed by atoms with Crippen molar-refractivity contribution in [2.75, 3.05) is 42.6 Å². The lowest BCUT2D eigenvalue weighted by molar-refractivity contribution is -0.129. The second kappa shape index (κ2) is 7.53. The van der Waals surface area contributed by atoms with Gasteiger partial charge in [-0.05, 0) is 37.6 Å². The Labute approximate surface area is 145 Å². The zero-order valence-corrected chi connectivity index (χ0v) is 14.8. The molecule has 1 aromatic carbocycles. The maximum absolute atomic E-state index is 12.3. The molecule has 2 saturated heterocycles. The normalized spacial score (nSPS) is 23.6. The van der Waals surface area contributed by atoms with Gasteiger partial charge in [0.1, 0.15) is 11.5 Å². The van der Waals surface area contributed by atoms with Gasteiger partial charge in [0.25, 0.3) is 0 Å². The molecular weight excluding hydrogens is 326 g/mol. The monoisotopic (exact) mass is 351 g/mol. The number of anilines is 1. The van der Waals surface area contributed by atoms with Gasteiger partial charge in [-0.3, -0.25) is 9.00 Å². The predicted molar refractivity (Wildman–Crippen MR) is 95.8 cm³/mol. The van der Waals surface area contributed by atoms with Crippen molar-refractivity contribution in [1.29, 1.82) is 0 Å². The Kier molecular flexibility index (Phi) is 5.40. The number of nitrogens with two attached hydrogens (primary N) is 1. The van der Waals surface area contributed by atoms with Crippen LogP contribution in [0.15, 0.2) is 24.3 Å². The van der Waals surface area contributed by atoms with E-state index >= 15 is 0 Å². The Morgan fingerprint density at radius 3 is 2.62 bits per heavy atom. The summed E-state index contributed by atoms with van der Waals surface area (Å²) in [6.07, 6.45) is 0.989. The first-order valence-electron chi connectivity index (χ1n) is 8.46. The number of carbonyl (C=O) groups is 1. The summed E-state index contributed by atoms with van der Waals surface area (Å²) in [7, 11) is -1.14. The van der Waals surface area contributed by atoms with Crippen LogP contribution in [0.5, 0.6) is 5.75 Å². The zero-order chi connectivity index (χ0) is 17.1. The Balaban J connectivity index is 1.58. The molecule has 0 spiro atoms. The van der Waals surface area contributed by atoms with Gasteiger partial charge in [0.2, 0.25) is 5.91 Å². The Morgan fingerprint density at radius 1 is 1.29 bits per heavy atom. The molecule has 0 aliphatic carbocycles. The number of rotatable bonds is 7. The molecule has 132 valence electrons. The summed E-state index contributed by atoms with van der Waals surface area (Å²) in [5.41, 5.74) is 6.57. The summed E-state index contributed by atoms with van der Waals surface area (Å²) in [5.74, 6) is 1.38. The smallest absolute Gasteiger partial charge is 0.235 e. The van der Waals surface area contributed by atoms with Crippen molar-refractivity contribution >= 4 is 22.4 Å². The number of carbonyl (C=O) groups excluding carboxylic acids is 1. The van der Waals surface area contributed by atoms with Crippen molar-refractivity contribution in [1.82, 2.24) is 4.90 Å². The molecule has 2 aliphatic heterocycles. The number of hydrogen-bond acceptors (Lipinski definition) is 5. The second-order valence-corrected chi connectivity index (χ2v) is 7.82. The highest BCUT2D eigenvalue weighted by atomic mass is 32.2. The van der Waals surface area contributed by atoms with E-state index in [0.717, 1.165) is 25.3 Å². The van der Waals surface area contributed by atoms with E-state index in [1.807, 2.05) is 24.0 Å². The van der Waals surface area contributed by atoms with E-state index in [1.54, 1.807) is 0 Å². The van der Waals surface area contributed by atoms with Gasteiger partial charge in [0, 0.05) is 47.9 Å². The van der Waals surface area contributed by atoms with Crippen LogP contribution in [-0.4, -0.2) is 64.8 Å². The van der Waals surface area contributed by atoms with Gasteiger partial charge >= 0.3 is 0 Å². The average molecular weight is 351 g/mol. The summed E-state index contributed by atoms with van der Waals surface area (Å²) in [4.78, 5) is 16.6. The quantitative estimate of drug-likeness (QED) is 0.778. The van der Waals surface area contributed by atoms with E-state index in [0.29, 0.717) is 24.9 Å². The van der Waals surface area contributed by atoms with E-state index in [2.05, 4.69) is 17.0 Å². The Bertz CT molecular complexity index is 608. The van der Waals surface area contributed by atoms with Crippen LogP contribution in [0.1, 0.15) is 13.3 Å². The maximum atomic E-state index is 12.3. The van der Waals surface area contributed by atoms with Crippen LogP contribution in [0, 0.1) is 0 Å². The first kappa shape index (κ1) is 17.2. The van der Waals surface area contributed by atoms with Crippen LogP contribution in [0.4, 0.5) is 5.69 Å². The van der Waals surface area contributed by atoms with Crippen LogP contribution in [0.25, 0.3) is 0 Å². The minimum atomic E-state index is -1.14. The molecular formula is C17H25N3O3S. The number of hydrogen-bond donors (Lipinski definition) is 1. The van der Waals surface area contributed by atoms with Crippen molar-refractivity contribution in [3.05, 3.63) is 24.3 Å². The fourth-order valence-corrected chi connectivity index (χ4v) is 4.46. The van der Waals surface area contributed by atoms with Gasteiger partial charge in [0.05, 0.1) is 12.6 Å². The van der Waals surface area contributed by atoms with Crippen molar-refractivity contribution in [2.45, 2.75) is 25.4 Å². The first-order chi connectivity index (χ1) is 11.6. The topological polar surface area (TPSA) is 75.9 Å². The lowest BCUT2D eigenvalue weighted by Gasteiger charge is -2.35. The van der Waals surface area contributed by atoms with E-state index in [1.165, 1.54) is 5.69 Å². The first-order valence-corrected chi connectivity index (χ1v) is 9.95. The molecule has 7 heteroatoms. The Hall–Kier alpha value is -1.60. The fraction of sp³-hybridized carbons (Fsp3) is 0.588. The van der Waals surface area contributed by atoms with Crippen LogP contribution in [0.2, 0.25) is 0 Å². The number of benzene rings is 1. The fourth-order valence-electron chi connectivity index (χ4n) is 3.61. The number of likely N-dealkylation sites (tertiary alicyclic amines) is 1. The molecule has 2 heterocycles. The summed E-state index contributed by atoms with van der Waals surface area (Å²) >= 11 is 0. The minimum absolute atomic E-state index is 0.000581. The van der Waals surface area contributed by atoms with Crippen molar-refractivity contribution in [3.63, 3.8) is 0 Å². The van der Waals surface area contributed by atoms with E-state index < -0.39 is 10.8 Å². The maximum Gasteiger partial charge on any atom is 0.235 e. The molecule has 6 nitrogen and oxygen atoms in total. The van der Waals surface area contributed by atoms with Gasteiger partial charge in [0.15, 0.2) is 0 Å². The van der Waals surface area contributed by atoms with Crippen LogP contribution in [-0.2, 0) is 15.6 Å². The SMILES string of the molecule is CCOc1ccc(N2C[C@@H]3C[C@H]2CN3C(=O)CS(=O)CCN)cc1. The molecule has 3 rings (SSSR count). The number of amides is 1. The Morgan fingerprint density at radius 2 is 2.04 bits per heavy atom. The molecule has 0 saturated carbocycles. The molecule has 1 unspecified atom stereocenters. The van der Waals surface area contributed by atoms with Crippen molar-refractivity contribution in [3.8, 4) is 5.75 Å². The van der Waals surface area contributed by atoms with Gasteiger partial charge in [-0.1, -0.05) is 0 Å². The summed E-state index contributed by atoms with van der Waals surface area (Å²) in [5, 5.41) is 0. The van der Waals surface area contributed by atoms with Crippen LogP contribution in [0.3, 0.4) is 0 Å². The highest BCUT2D eigenvalue weighted by Gasteiger charge is 2.45. The minimum Gasteiger partial charge on any atom is -0.494 e. The number of ether oxygens (including phenoxy) is 1. The number of piperazine rings is 1. The largest absolute Gasteiger partial charge is 0.494 e. The zero-order valence-electron chi connectivity index (χ0n) is 14.0. The van der Waals surface area contributed by atoms with E-state index in [9.17, 15) is 9.00 Å². The van der Waals surface area contributed by atoms with Crippen molar-refractivity contribution < 1.29 is 13.7 Å². The molecule has 1 aromatic rings. The standard InChI is InChI=1S/C17H25N3O3S/c1-2-23-16-5-3-13(4-6-16)19-10-15-9-14(19)11-20(15)17(21)12-24(22)8-7-18/h3-6,14-15H,2,7-12,18H2,1H3/t14-,15-,24?/m0/s1. The lowest BCUT2D eigenvalue weighted by atomic mass is 10.2. The highest BCUT2D eigenvalue weighted by molar-refractivity contribution is 7.85. The third-order valence-electron chi connectivity index (χ3n) is 4.67. The molecule has 0 aromatic heterocycles. The van der Waals surface area contributed by atoms with Crippen molar-refractivity contribution in [2.24, 2.45) is 5.73 Å². The second-order valence-electron chi connectivity index (χ2n) is 6.25. The number of fused-ring (bicyclic) bond motifs is 2. The van der Waals surface area contributed by atoms with Gasteiger partial charge in [-0.2, -0.15) is 0 Å². The third kappa shape index (κ3) is 3.57. The third-order valence-corrected chi connectivity index (χ3v) is 5.93. The molecule has 2 aliphatic rings. The molecule has 24 heavy (non-hydrogen) atoms.